The molecule has 4 heteroatoms. The molecule has 2 fully saturated rings. The van der Waals surface area contributed by atoms with Crippen LogP contribution in [-0.4, -0.2) is 46.3 Å². The Morgan fingerprint density at radius 1 is 1.25 bits per heavy atom. The van der Waals surface area contributed by atoms with Crippen LogP contribution in [0.3, 0.4) is 0 Å². The van der Waals surface area contributed by atoms with E-state index in [0.717, 1.165) is 63.6 Å². The standard InChI is InChI=1S/C28H39NO3/c1-20-7-6-9-21(15-20)17-24(30)11-12-25-26-18-22(16-23(26)19-27(25)31)8-2-3-10-28(32)29-13-4-5-14-29/h6-7,9,11-12,15-16,23-27,30-31H,2-5,8,10,13-14,17-19H2,1H3/b12-11+/t23-,24+,25+,26-,27+/m0/s1. The highest BCUT2D eigenvalue weighted by Gasteiger charge is 2.43. The molecule has 1 aromatic carbocycles. The molecule has 4 rings (SSSR count). The fourth-order valence-electron chi connectivity index (χ4n) is 5.95. The van der Waals surface area contributed by atoms with Gasteiger partial charge in [-0.05, 0) is 69.3 Å². The predicted octanol–water partition coefficient (Wildman–Crippen LogP) is 4.58. The molecule has 0 aromatic heterocycles. The summed E-state index contributed by atoms with van der Waals surface area (Å²) >= 11 is 0. The smallest absolute Gasteiger partial charge is 0.222 e. The SMILES string of the molecule is Cc1cccc(C[C@H](O)/C=C/[C@@H]2[C@H]3CC(CCCCC(=O)N4CCCC4)=C[C@H]3C[C@H]2O)c1. The molecule has 1 aliphatic heterocycles. The Bertz CT molecular complexity index is 839. The maximum atomic E-state index is 12.2. The highest BCUT2D eigenvalue weighted by molar-refractivity contribution is 5.76. The molecule has 0 radical (unpaired) electrons. The number of unbranched alkanes of at least 4 members (excludes halogenated alkanes) is 1. The lowest BCUT2D eigenvalue weighted by Gasteiger charge is -2.19. The van der Waals surface area contributed by atoms with Gasteiger partial charge in [0.2, 0.25) is 5.91 Å². The number of hydrogen-bond acceptors (Lipinski definition) is 3. The quantitative estimate of drug-likeness (QED) is 0.439. The first-order chi connectivity index (χ1) is 15.5. The number of hydrogen-bond donors (Lipinski definition) is 2. The molecule has 3 aliphatic rings. The van der Waals surface area contributed by atoms with Crippen LogP contribution < -0.4 is 0 Å². The molecule has 0 spiro atoms. The van der Waals surface area contributed by atoms with Crippen molar-refractivity contribution >= 4 is 5.91 Å². The van der Waals surface area contributed by atoms with Gasteiger partial charge in [0.05, 0.1) is 12.2 Å². The van der Waals surface area contributed by atoms with Crippen LogP contribution in [0.15, 0.2) is 48.1 Å². The Labute approximate surface area is 193 Å². The van der Waals surface area contributed by atoms with Crippen molar-refractivity contribution in [2.45, 2.75) is 76.9 Å². The molecular formula is C28H39NO3. The Hall–Kier alpha value is -1.91. The second-order valence-electron chi connectivity index (χ2n) is 10.2. The van der Waals surface area contributed by atoms with Crippen molar-refractivity contribution in [1.82, 2.24) is 4.90 Å². The van der Waals surface area contributed by atoms with Crippen molar-refractivity contribution in [2.24, 2.45) is 17.8 Å². The van der Waals surface area contributed by atoms with Gasteiger partial charge in [-0.15, -0.1) is 0 Å². The van der Waals surface area contributed by atoms with Gasteiger partial charge in [-0.2, -0.15) is 0 Å². The largest absolute Gasteiger partial charge is 0.392 e. The Morgan fingerprint density at radius 3 is 2.84 bits per heavy atom. The zero-order valence-electron chi connectivity index (χ0n) is 19.5. The van der Waals surface area contributed by atoms with E-state index in [2.05, 4.69) is 37.3 Å². The molecule has 1 aromatic rings. The van der Waals surface area contributed by atoms with Crippen LogP contribution in [0.2, 0.25) is 0 Å². The van der Waals surface area contributed by atoms with Crippen molar-refractivity contribution < 1.29 is 15.0 Å². The third-order valence-corrected chi connectivity index (χ3v) is 7.63. The molecule has 2 N–H and O–H groups in total. The highest BCUT2D eigenvalue weighted by atomic mass is 16.3. The first kappa shape index (κ1) is 23.3. The van der Waals surface area contributed by atoms with Gasteiger partial charge in [0.15, 0.2) is 0 Å². The molecule has 1 amide bonds. The van der Waals surface area contributed by atoms with Crippen LogP contribution in [0.5, 0.6) is 0 Å². The minimum Gasteiger partial charge on any atom is -0.392 e. The van der Waals surface area contributed by atoms with E-state index in [1.165, 1.54) is 11.1 Å². The lowest BCUT2D eigenvalue weighted by molar-refractivity contribution is -0.130. The molecule has 0 unspecified atom stereocenters. The Balaban J connectivity index is 1.22. The van der Waals surface area contributed by atoms with Gasteiger partial charge in [0, 0.05) is 31.8 Å². The maximum absolute atomic E-state index is 12.2. The summed E-state index contributed by atoms with van der Waals surface area (Å²) in [7, 11) is 0. The van der Waals surface area contributed by atoms with E-state index in [-0.39, 0.29) is 12.0 Å². The van der Waals surface area contributed by atoms with Crippen molar-refractivity contribution in [3.05, 3.63) is 59.2 Å². The number of aryl methyl sites for hydroxylation is 1. The summed E-state index contributed by atoms with van der Waals surface area (Å²) in [4.78, 5) is 14.2. The molecule has 0 bridgehead atoms. The van der Waals surface area contributed by atoms with Crippen molar-refractivity contribution in [3.63, 3.8) is 0 Å². The number of carbonyl (C=O) groups is 1. The second-order valence-corrected chi connectivity index (χ2v) is 10.2. The van der Waals surface area contributed by atoms with E-state index in [1.807, 2.05) is 17.0 Å². The van der Waals surface area contributed by atoms with E-state index < -0.39 is 6.10 Å². The van der Waals surface area contributed by atoms with Crippen LogP contribution in [0.1, 0.15) is 62.5 Å². The molecule has 4 nitrogen and oxygen atoms in total. The number of amides is 1. The Morgan fingerprint density at radius 2 is 2.06 bits per heavy atom. The molecule has 1 saturated heterocycles. The van der Waals surface area contributed by atoms with Gasteiger partial charge in [-0.25, -0.2) is 0 Å². The van der Waals surface area contributed by atoms with E-state index in [0.29, 0.717) is 30.6 Å². The summed E-state index contributed by atoms with van der Waals surface area (Å²) in [6.07, 6.45) is 14.1. The first-order valence-electron chi connectivity index (χ1n) is 12.6. The summed E-state index contributed by atoms with van der Waals surface area (Å²) in [5.41, 5.74) is 3.84. The van der Waals surface area contributed by atoms with E-state index >= 15 is 0 Å². The molecule has 174 valence electrons. The van der Waals surface area contributed by atoms with Crippen LogP contribution in [-0.2, 0) is 11.2 Å². The predicted molar refractivity (Wildman–Crippen MR) is 128 cm³/mol. The van der Waals surface area contributed by atoms with E-state index in [4.69, 9.17) is 0 Å². The molecule has 1 heterocycles. The van der Waals surface area contributed by atoms with Gasteiger partial charge in [0.1, 0.15) is 0 Å². The van der Waals surface area contributed by atoms with Crippen LogP contribution >= 0.6 is 0 Å². The number of aliphatic hydroxyl groups is 2. The lowest BCUT2D eigenvalue weighted by atomic mass is 9.88. The molecule has 1 saturated carbocycles. The number of carbonyl (C=O) groups excluding carboxylic acids is 1. The number of fused-ring (bicyclic) bond motifs is 1. The number of nitrogens with zero attached hydrogens (tertiary/aromatic N) is 1. The summed E-state index contributed by atoms with van der Waals surface area (Å²) in [5.74, 6) is 1.36. The van der Waals surface area contributed by atoms with Gasteiger partial charge >= 0.3 is 0 Å². The molecule has 5 atom stereocenters. The second kappa shape index (κ2) is 10.8. The molecule has 2 aliphatic carbocycles. The third kappa shape index (κ3) is 5.90. The highest BCUT2D eigenvalue weighted by Crippen LogP contribution is 2.48. The number of allylic oxidation sites excluding steroid dienone is 2. The monoisotopic (exact) mass is 437 g/mol. The van der Waals surface area contributed by atoms with Crippen molar-refractivity contribution in [3.8, 4) is 0 Å². The lowest BCUT2D eigenvalue weighted by Crippen LogP contribution is -2.27. The minimum absolute atomic E-state index is 0.123. The van der Waals surface area contributed by atoms with Crippen LogP contribution in [0.25, 0.3) is 0 Å². The Kier molecular flexibility index (Phi) is 7.85. The van der Waals surface area contributed by atoms with Gasteiger partial charge in [0.25, 0.3) is 0 Å². The van der Waals surface area contributed by atoms with Crippen molar-refractivity contribution in [1.29, 1.82) is 0 Å². The number of rotatable bonds is 9. The maximum Gasteiger partial charge on any atom is 0.222 e. The van der Waals surface area contributed by atoms with Gasteiger partial charge < -0.3 is 15.1 Å². The van der Waals surface area contributed by atoms with E-state index in [1.54, 1.807) is 0 Å². The zero-order chi connectivity index (χ0) is 22.5. The number of likely N-dealkylation sites (tertiary alicyclic amines) is 1. The first-order valence-corrected chi connectivity index (χ1v) is 12.6. The van der Waals surface area contributed by atoms with Crippen LogP contribution in [0.4, 0.5) is 0 Å². The number of aliphatic hydroxyl groups excluding tert-OH is 2. The van der Waals surface area contributed by atoms with Crippen LogP contribution in [0, 0.1) is 24.7 Å². The van der Waals surface area contributed by atoms with Crippen molar-refractivity contribution in [2.75, 3.05) is 13.1 Å². The van der Waals surface area contributed by atoms with Gasteiger partial charge in [-0.1, -0.05) is 53.6 Å². The minimum atomic E-state index is -0.523. The third-order valence-electron chi connectivity index (χ3n) is 7.63. The zero-order valence-corrected chi connectivity index (χ0v) is 19.5. The molecular weight excluding hydrogens is 398 g/mol. The topological polar surface area (TPSA) is 60.8 Å². The molecule has 32 heavy (non-hydrogen) atoms. The van der Waals surface area contributed by atoms with Gasteiger partial charge in [-0.3, -0.25) is 4.79 Å². The summed E-state index contributed by atoms with van der Waals surface area (Å²) in [6, 6.07) is 8.26. The summed E-state index contributed by atoms with van der Waals surface area (Å²) in [6.45, 7) is 3.96. The fourth-order valence-corrected chi connectivity index (χ4v) is 5.95. The average molecular weight is 438 g/mol. The summed E-state index contributed by atoms with van der Waals surface area (Å²) < 4.78 is 0. The fraction of sp³-hybridized carbons (Fsp3) is 0.607. The average Bonchev–Trinajstić information content (AvgIpc) is 3.47. The normalized spacial score (nSPS) is 28.3. The number of benzene rings is 1. The summed E-state index contributed by atoms with van der Waals surface area (Å²) in [5, 5.41) is 21.1. The van der Waals surface area contributed by atoms with E-state index in [9.17, 15) is 15.0 Å².